The maximum atomic E-state index is 11.0. The number of carbonyl (C=O) groups is 2. The Morgan fingerprint density at radius 3 is 1.14 bits per heavy atom. The number of benzene rings is 6. The van der Waals surface area contributed by atoms with Gasteiger partial charge in [-0.3, -0.25) is 0 Å². The Hall–Kier alpha value is -5.63. The number of hydrogen-bond acceptors (Lipinski definition) is 8. The third kappa shape index (κ3) is 41.7. The second-order valence-electron chi connectivity index (χ2n) is 22.0. The van der Waals surface area contributed by atoms with Crippen LogP contribution in [0.2, 0.25) is 0 Å². The number of halogens is 3. The molecule has 6 atom stereocenters. The summed E-state index contributed by atoms with van der Waals surface area (Å²) in [6.45, 7) is 37.8. The molecule has 1 aliphatic heterocycles. The molecule has 6 aromatic carbocycles. The van der Waals surface area contributed by atoms with Gasteiger partial charge in [0.1, 0.15) is 12.6 Å². The minimum atomic E-state index is -0.428. The molecule has 1 N–H and O–H groups in total. The van der Waals surface area contributed by atoms with Gasteiger partial charge >= 0.3 is 18.9 Å². The van der Waals surface area contributed by atoms with Crippen LogP contribution in [0, 0.1) is 22.7 Å². The zero-order valence-electron chi connectivity index (χ0n) is 58.4. The van der Waals surface area contributed by atoms with E-state index in [-0.39, 0.29) is 71.8 Å². The van der Waals surface area contributed by atoms with E-state index in [2.05, 4.69) is 92.2 Å². The van der Waals surface area contributed by atoms with Crippen molar-refractivity contribution in [3.8, 4) is 12.1 Å². The standard InChI is InChI=1S/C13H18O.C12H13N.C12H16O2.C12H16O.C12H14O.C9H9N.C4H8O.C3H5Br.C2H6.CH2Cl2.Al.Li.4H/c1-4-10-13(2,11-14-3)12-8-6-5-7-9-12;1-3-9-12(2,10-13)11-7-5-4-6-8-11;1-12(8-9-13,10-14-2)11-6-4-3-5-7-11;2*1-3-9-12(2,10-13)11-7-5-4-6-8-11;1-8(7-10)9-5-3-2-4-6-9;1-2-4-5-3-1;1-2-3-4;1-2;2-1-3;;;;;;/h4-9H,1,10-11H2,2-3H3;3-8H,1,9H2,2H3;3-7,9H,8,10H2,1-2H3;3-8,13H,1,9-10H2,2H3;3-8,10H,1,9H2,2H3;2-6,8H,1H3;1-4H2;2H,1,3H2;1-2H3;1H2;;;;;;/q;;;;;;;;;;;+1;;;;-1. The first-order chi connectivity index (χ1) is 43.8. The van der Waals surface area contributed by atoms with Crippen molar-refractivity contribution in [3.05, 3.63) is 279 Å². The Kier molecular flexibility index (Phi) is 63.3. The Labute approximate surface area is 606 Å². The average molecular weight is 1380 g/mol. The van der Waals surface area contributed by atoms with Gasteiger partial charge in [-0.2, -0.15) is 10.5 Å². The SMILES string of the molecule is C1CCOC1.C=CCBr.C=CCC(C)(C#N)c1ccccc1.C=CCC(C)(C=O)c1ccccc1.C=CCC(C)(CO)c1ccccc1.C=CCC(C)(COC)c1ccccc1.CC.CC(C#N)c1ccccc1.COCC(C)(CC=O)c1ccccc1.ClCCl.[AlH3].[H-].[Li+]. The molecule has 1 fully saturated rings. The maximum absolute atomic E-state index is 11.0. The number of allylic oxidation sites excluding steroid dienone is 5. The van der Waals surface area contributed by atoms with Gasteiger partial charge in [-0.1, -0.05) is 263 Å². The van der Waals surface area contributed by atoms with E-state index in [0.29, 0.717) is 25.9 Å². The molecule has 7 rings (SSSR count). The number of aldehydes is 2. The molecular formula is C80H111AlBrCl2LiN2O6. The summed E-state index contributed by atoms with van der Waals surface area (Å²) in [7, 11) is 3.40. The van der Waals surface area contributed by atoms with Crippen molar-refractivity contribution in [2.45, 2.75) is 133 Å². The second-order valence-corrected chi connectivity index (χ2v) is 23.4. The van der Waals surface area contributed by atoms with Gasteiger partial charge in [-0.15, -0.1) is 56.1 Å². The fourth-order valence-electron chi connectivity index (χ4n) is 8.78. The number of alkyl halides is 3. The van der Waals surface area contributed by atoms with Gasteiger partial charge in [0.05, 0.1) is 54.0 Å². The normalized spacial score (nSPS) is 13.6. The fourth-order valence-corrected chi connectivity index (χ4v) is 8.78. The van der Waals surface area contributed by atoms with E-state index in [1.54, 1.807) is 32.4 Å². The van der Waals surface area contributed by atoms with Gasteiger partial charge in [0, 0.05) is 55.4 Å². The van der Waals surface area contributed by atoms with Crippen LogP contribution in [0.5, 0.6) is 0 Å². The van der Waals surface area contributed by atoms with E-state index in [4.69, 9.17) is 47.9 Å². The molecule has 1 aliphatic rings. The number of methoxy groups -OCH3 is 2. The molecule has 13 heteroatoms. The van der Waals surface area contributed by atoms with Crippen molar-refractivity contribution in [2.24, 2.45) is 0 Å². The summed E-state index contributed by atoms with van der Waals surface area (Å²) < 4.78 is 15.4. The van der Waals surface area contributed by atoms with Crippen LogP contribution in [0.3, 0.4) is 0 Å². The minimum absolute atomic E-state index is 0. The number of carbonyl (C=O) groups excluding carboxylic acids is 2. The number of rotatable bonds is 23. The second kappa shape index (κ2) is 61.3. The number of hydrogen-bond donors (Lipinski definition) is 1. The van der Waals surface area contributed by atoms with Crippen LogP contribution < -0.4 is 18.9 Å². The van der Waals surface area contributed by atoms with E-state index in [0.717, 1.165) is 78.4 Å². The number of nitrogens with zero attached hydrogens (tertiary/aromatic N) is 2. The summed E-state index contributed by atoms with van der Waals surface area (Å²) in [4.78, 5) is 21.6. The summed E-state index contributed by atoms with van der Waals surface area (Å²) in [5.41, 5.74) is 5.64. The van der Waals surface area contributed by atoms with Crippen LogP contribution in [0.4, 0.5) is 0 Å². The average Bonchev–Trinajstić information content (AvgIpc) is 1.24. The fraction of sp³-hybridized carbons (Fsp3) is 0.375. The first-order valence-electron chi connectivity index (χ1n) is 30.7. The van der Waals surface area contributed by atoms with Gasteiger partial charge in [0.15, 0.2) is 17.4 Å². The van der Waals surface area contributed by atoms with Gasteiger partial charge in [0.2, 0.25) is 0 Å². The predicted octanol–water partition coefficient (Wildman–Crippen LogP) is 16.7. The van der Waals surface area contributed by atoms with Crippen LogP contribution in [0.1, 0.15) is 141 Å². The number of ether oxygens (including phenoxy) is 3. The molecule has 0 aromatic heterocycles. The van der Waals surface area contributed by atoms with Crippen LogP contribution in [0.25, 0.3) is 0 Å². The van der Waals surface area contributed by atoms with Crippen molar-refractivity contribution in [1.29, 1.82) is 10.5 Å². The quantitative estimate of drug-likeness (QED) is 0.0291. The molecule has 1 heterocycles. The molecule has 0 aliphatic carbocycles. The predicted molar refractivity (Wildman–Crippen MR) is 405 cm³/mol. The van der Waals surface area contributed by atoms with E-state index >= 15 is 0 Å². The Morgan fingerprint density at radius 2 is 0.871 bits per heavy atom. The zero-order valence-corrected chi connectivity index (χ0v) is 60.5. The maximum Gasteiger partial charge on any atom is 1.00 e. The van der Waals surface area contributed by atoms with E-state index in [1.165, 1.54) is 18.4 Å². The van der Waals surface area contributed by atoms with Crippen molar-refractivity contribution >= 4 is 69.1 Å². The molecule has 0 bridgehead atoms. The number of aliphatic hydroxyl groups is 1. The molecule has 0 amide bonds. The van der Waals surface area contributed by atoms with E-state index < -0.39 is 10.8 Å². The van der Waals surface area contributed by atoms with Crippen LogP contribution in [-0.2, 0) is 50.9 Å². The van der Waals surface area contributed by atoms with Crippen molar-refractivity contribution in [2.75, 3.05) is 57.9 Å². The van der Waals surface area contributed by atoms with E-state index in [1.807, 2.05) is 218 Å². The van der Waals surface area contributed by atoms with Gasteiger partial charge < -0.3 is 30.3 Å². The van der Waals surface area contributed by atoms with Crippen LogP contribution >= 0.6 is 39.1 Å². The first-order valence-corrected chi connectivity index (χ1v) is 32.9. The minimum Gasteiger partial charge on any atom is -1.00 e. The molecule has 6 aromatic rings. The first kappa shape index (κ1) is 96.1. The summed E-state index contributed by atoms with van der Waals surface area (Å²) in [5.74, 6) is 0.0150. The molecule has 93 heavy (non-hydrogen) atoms. The number of nitriles is 2. The van der Waals surface area contributed by atoms with Crippen LogP contribution in [-0.4, -0.2) is 93.0 Å². The monoisotopic (exact) mass is 1380 g/mol. The Bertz CT molecular complexity index is 2790. The van der Waals surface area contributed by atoms with Gasteiger partial charge in [-0.25, -0.2) is 0 Å². The summed E-state index contributed by atoms with van der Waals surface area (Å²) >= 11 is 12.7. The molecule has 1 saturated heterocycles. The van der Waals surface area contributed by atoms with E-state index in [9.17, 15) is 14.7 Å². The Balaban J connectivity index is -0.000000236. The largest absolute Gasteiger partial charge is 1.00 e. The van der Waals surface area contributed by atoms with Gasteiger partial charge in [-0.05, 0) is 92.7 Å². The van der Waals surface area contributed by atoms with Crippen molar-refractivity contribution in [1.82, 2.24) is 0 Å². The third-order valence-electron chi connectivity index (χ3n) is 14.3. The summed E-state index contributed by atoms with van der Waals surface area (Å²) in [5, 5.41) is 28.0. The molecule has 6 unspecified atom stereocenters. The summed E-state index contributed by atoms with van der Waals surface area (Å²) in [6, 6.07) is 64.4. The molecule has 0 radical (unpaired) electrons. The Morgan fingerprint density at radius 1 is 0.559 bits per heavy atom. The molecule has 0 spiro atoms. The molecule has 8 nitrogen and oxygen atoms in total. The number of aliphatic hydroxyl groups excluding tert-OH is 1. The molecular weight excluding hydrogens is 1270 g/mol. The molecule has 502 valence electrons. The van der Waals surface area contributed by atoms with Crippen molar-refractivity contribution < 1.29 is 49.2 Å². The molecule has 0 saturated carbocycles. The third-order valence-corrected chi connectivity index (χ3v) is 14.8. The topological polar surface area (TPSA) is 130 Å². The smallest absolute Gasteiger partial charge is 1.00 e. The zero-order chi connectivity index (χ0) is 69.1. The van der Waals surface area contributed by atoms with Crippen molar-refractivity contribution in [3.63, 3.8) is 0 Å². The summed E-state index contributed by atoms with van der Waals surface area (Å²) in [6.07, 6.45) is 17.3. The van der Waals surface area contributed by atoms with Crippen LogP contribution in [0.15, 0.2) is 245 Å². The van der Waals surface area contributed by atoms with Gasteiger partial charge in [0.25, 0.3) is 0 Å².